The third-order valence-electron chi connectivity index (χ3n) is 1.92. The Morgan fingerprint density at radius 2 is 2.36 bits per heavy atom. The van der Waals surface area contributed by atoms with Crippen molar-refractivity contribution in [3.05, 3.63) is 21.3 Å². The van der Waals surface area contributed by atoms with Crippen molar-refractivity contribution in [1.82, 2.24) is 0 Å². The number of carbonyl (C=O) groups is 1. The minimum Gasteiger partial charge on any atom is -0.370 e. The second-order valence-electron chi connectivity index (χ2n) is 3.06. The van der Waals surface area contributed by atoms with Crippen LogP contribution in [0.2, 0.25) is 4.34 Å². The molecule has 0 fully saturated rings. The summed E-state index contributed by atoms with van der Waals surface area (Å²) in [6.07, 6.45) is 1.05. The van der Waals surface area contributed by atoms with Crippen molar-refractivity contribution in [2.45, 2.75) is 26.4 Å². The first-order valence-electron chi connectivity index (χ1n) is 4.53. The molecule has 0 saturated carbocycles. The van der Waals surface area contributed by atoms with Crippen LogP contribution in [0.25, 0.3) is 0 Å². The van der Waals surface area contributed by atoms with Gasteiger partial charge in [-0.2, -0.15) is 0 Å². The van der Waals surface area contributed by atoms with Gasteiger partial charge in [0.1, 0.15) is 6.61 Å². The van der Waals surface area contributed by atoms with E-state index < -0.39 is 0 Å². The molecule has 1 rings (SSSR count). The topological polar surface area (TPSA) is 26.3 Å². The number of rotatable bonds is 5. The normalized spacial score (nSPS) is 12.8. The lowest BCUT2D eigenvalue weighted by atomic mass is 10.3. The van der Waals surface area contributed by atoms with Crippen LogP contribution in [0.15, 0.2) is 12.1 Å². The SMILES string of the molecule is CCC(C)OCC(=O)c1ccc(Cl)s1. The van der Waals surface area contributed by atoms with Crippen molar-refractivity contribution in [1.29, 1.82) is 0 Å². The number of halogens is 1. The van der Waals surface area contributed by atoms with Crippen LogP contribution in [-0.4, -0.2) is 18.5 Å². The van der Waals surface area contributed by atoms with Gasteiger partial charge in [-0.25, -0.2) is 0 Å². The maximum atomic E-state index is 11.5. The fraction of sp³-hybridized carbons (Fsp3) is 0.500. The van der Waals surface area contributed by atoms with E-state index in [1.54, 1.807) is 12.1 Å². The predicted molar refractivity (Wildman–Crippen MR) is 59.4 cm³/mol. The summed E-state index contributed by atoms with van der Waals surface area (Å²) >= 11 is 7.01. The summed E-state index contributed by atoms with van der Waals surface area (Å²) in [5.74, 6) is 0.00204. The zero-order chi connectivity index (χ0) is 10.6. The van der Waals surface area contributed by atoms with E-state index in [0.717, 1.165) is 6.42 Å². The summed E-state index contributed by atoms with van der Waals surface area (Å²) in [6, 6.07) is 3.46. The van der Waals surface area contributed by atoms with Crippen LogP contribution < -0.4 is 0 Å². The molecule has 1 aromatic heterocycles. The molecule has 0 aliphatic carbocycles. The number of ether oxygens (including phenoxy) is 1. The third kappa shape index (κ3) is 3.40. The average Bonchev–Trinajstić information content (AvgIpc) is 2.60. The highest BCUT2D eigenvalue weighted by molar-refractivity contribution is 7.18. The number of carbonyl (C=O) groups excluding carboxylic acids is 1. The molecule has 0 spiro atoms. The summed E-state index contributed by atoms with van der Waals surface area (Å²) in [5, 5.41) is 0. The molecule has 1 aromatic rings. The van der Waals surface area contributed by atoms with E-state index in [2.05, 4.69) is 0 Å². The van der Waals surface area contributed by atoms with Crippen LogP contribution in [0.5, 0.6) is 0 Å². The molecule has 0 amide bonds. The Balaban J connectivity index is 2.43. The molecule has 0 saturated heterocycles. The average molecular weight is 233 g/mol. The number of hydrogen-bond donors (Lipinski definition) is 0. The van der Waals surface area contributed by atoms with E-state index in [1.807, 2.05) is 13.8 Å². The van der Waals surface area contributed by atoms with Gasteiger partial charge < -0.3 is 4.74 Å². The maximum Gasteiger partial charge on any atom is 0.198 e. The van der Waals surface area contributed by atoms with Crippen molar-refractivity contribution < 1.29 is 9.53 Å². The molecule has 4 heteroatoms. The van der Waals surface area contributed by atoms with Crippen molar-refractivity contribution in [2.24, 2.45) is 0 Å². The first-order valence-corrected chi connectivity index (χ1v) is 5.73. The Kier molecular flexibility index (Phi) is 4.58. The Morgan fingerprint density at radius 3 is 2.86 bits per heavy atom. The lowest BCUT2D eigenvalue weighted by Gasteiger charge is -2.08. The highest BCUT2D eigenvalue weighted by atomic mass is 35.5. The van der Waals surface area contributed by atoms with Gasteiger partial charge in [-0.1, -0.05) is 18.5 Å². The van der Waals surface area contributed by atoms with Crippen LogP contribution in [0.3, 0.4) is 0 Å². The predicted octanol–water partition coefficient (Wildman–Crippen LogP) is 3.40. The third-order valence-corrected chi connectivity index (χ3v) is 3.19. The Hall–Kier alpha value is -0.380. The van der Waals surface area contributed by atoms with Crippen molar-refractivity contribution in [2.75, 3.05) is 6.61 Å². The van der Waals surface area contributed by atoms with E-state index in [4.69, 9.17) is 16.3 Å². The molecule has 0 bridgehead atoms. The number of thiophene rings is 1. The Morgan fingerprint density at radius 1 is 1.64 bits per heavy atom. The first-order chi connectivity index (χ1) is 6.63. The van der Waals surface area contributed by atoms with Crippen molar-refractivity contribution in [3.8, 4) is 0 Å². The molecule has 0 aliphatic rings. The minimum atomic E-state index is 0.00204. The molecule has 1 atom stereocenters. The Bertz CT molecular complexity index is 309. The van der Waals surface area contributed by atoms with E-state index in [0.29, 0.717) is 9.21 Å². The molecule has 14 heavy (non-hydrogen) atoms. The summed E-state index contributed by atoms with van der Waals surface area (Å²) < 4.78 is 5.97. The van der Waals surface area contributed by atoms with Crippen LogP contribution in [0.4, 0.5) is 0 Å². The standard InChI is InChI=1S/C10H13ClO2S/c1-3-7(2)13-6-8(12)9-4-5-10(11)14-9/h4-5,7H,3,6H2,1-2H3. The van der Waals surface area contributed by atoms with Crippen LogP contribution in [-0.2, 0) is 4.74 Å². The monoisotopic (exact) mass is 232 g/mol. The van der Waals surface area contributed by atoms with Gasteiger partial charge in [0.05, 0.1) is 15.3 Å². The van der Waals surface area contributed by atoms with Crippen LogP contribution in [0, 0.1) is 0 Å². The van der Waals surface area contributed by atoms with Gasteiger partial charge in [-0.05, 0) is 25.5 Å². The molecule has 0 aromatic carbocycles. The first kappa shape index (κ1) is 11.7. The lowest BCUT2D eigenvalue weighted by Crippen LogP contribution is -2.14. The molecule has 0 radical (unpaired) electrons. The smallest absolute Gasteiger partial charge is 0.198 e. The number of ketones is 1. The highest BCUT2D eigenvalue weighted by Crippen LogP contribution is 2.21. The molecular weight excluding hydrogens is 220 g/mol. The molecular formula is C10H13ClO2S. The molecule has 78 valence electrons. The van der Waals surface area contributed by atoms with Crippen molar-refractivity contribution in [3.63, 3.8) is 0 Å². The van der Waals surface area contributed by atoms with Gasteiger partial charge >= 0.3 is 0 Å². The fourth-order valence-electron chi connectivity index (χ4n) is 0.871. The summed E-state index contributed by atoms with van der Waals surface area (Å²) in [5.41, 5.74) is 0. The van der Waals surface area contributed by atoms with Gasteiger partial charge in [0, 0.05) is 0 Å². The van der Waals surface area contributed by atoms with Crippen LogP contribution >= 0.6 is 22.9 Å². The summed E-state index contributed by atoms with van der Waals surface area (Å²) in [7, 11) is 0. The highest BCUT2D eigenvalue weighted by Gasteiger charge is 2.10. The molecule has 1 heterocycles. The number of Topliss-reactive ketones (excluding diaryl/α,β-unsaturated/α-hetero) is 1. The van der Waals surface area contributed by atoms with E-state index in [-0.39, 0.29) is 18.5 Å². The molecule has 0 aliphatic heterocycles. The van der Waals surface area contributed by atoms with Crippen molar-refractivity contribution >= 4 is 28.7 Å². The van der Waals surface area contributed by atoms with Crippen LogP contribution in [0.1, 0.15) is 29.9 Å². The molecule has 2 nitrogen and oxygen atoms in total. The zero-order valence-electron chi connectivity index (χ0n) is 8.25. The molecule has 1 unspecified atom stereocenters. The summed E-state index contributed by atoms with van der Waals surface area (Å²) in [4.78, 5) is 12.2. The summed E-state index contributed by atoms with van der Waals surface area (Å²) in [6.45, 7) is 4.12. The largest absolute Gasteiger partial charge is 0.370 e. The second-order valence-corrected chi connectivity index (χ2v) is 4.77. The van der Waals surface area contributed by atoms with Gasteiger partial charge in [0.15, 0.2) is 5.78 Å². The van der Waals surface area contributed by atoms with Gasteiger partial charge in [0.25, 0.3) is 0 Å². The van der Waals surface area contributed by atoms with E-state index in [9.17, 15) is 4.79 Å². The lowest BCUT2D eigenvalue weighted by molar-refractivity contribution is 0.0514. The van der Waals surface area contributed by atoms with E-state index >= 15 is 0 Å². The fourth-order valence-corrected chi connectivity index (χ4v) is 1.84. The van der Waals surface area contributed by atoms with Gasteiger partial charge in [-0.3, -0.25) is 4.79 Å². The maximum absolute atomic E-state index is 11.5. The minimum absolute atomic E-state index is 0.00204. The quantitative estimate of drug-likeness (QED) is 0.728. The zero-order valence-corrected chi connectivity index (χ0v) is 9.82. The second kappa shape index (κ2) is 5.49. The van der Waals surface area contributed by atoms with Gasteiger partial charge in [0.2, 0.25) is 0 Å². The van der Waals surface area contributed by atoms with Gasteiger partial charge in [-0.15, -0.1) is 11.3 Å². The van der Waals surface area contributed by atoms with E-state index in [1.165, 1.54) is 11.3 Å². The molecule has 0 N–H and O–H groups in total. The number of hydrogen-bond acceptors (Lipinski definition) is 3. The Labute approximate surface area is 92.8 Å².